The Kier molecular flexibility index (Phi) is 4.22. The third-order valence-electron chi connectivity index (χ3n) is 1.78. The Bertz CT molecular complexity index is 221. The fourth-order valence-corrected chi connectivity index (χ4v) is 1.23. The molecular weight excluding hydrogens is 194 g/mol. The minimum absolute atomic E-state index is 0.0861. The van der Waals surface area contributed by atoms with Crippen LogP contribution < -0.4 is 5.73 Å². The Morgan fingerprint density at radius 2 is 2.00 bits per heavy atom. The molecule has 0 heterocycles. The summed E-state index contributed by atoms with van der Waals surface area (Å²) in [5.41, 5.74) is 3.65. The highest BCUT2D eigenvalue weighted by molar-refractivity contribution is 7.82. The van der Waals surface area contributed by atoms with Crippen LogP contribution in [0.1, 0.15) is 19.8 Å². The molecule has 0 rings (SSSR count). The van der Waals surface area contributed by atoms with Crippen LogP contribution in [0.5, 0.6) is 0 Å². The maximum absolute atomic E-state index is 10.7. The van der Waals surface area contributed by atoms with Gasteiger partial charge < -0.3 is 15.9 Å². The van der Waals surface area contributed by atoms with E-state index in [-0.39, 0.29) is 6.42 Å². The molecule has 0 saturated carbocycles. The minimum Gasteiger partial charge on any atom is -0.480 e. The first kappa shape index (κ1) is 12.2. The molecule has 0 aromatic heterocycles. The minimum atomic E-state index is -1.79. The first-order valence-electron chi connectivity index (χ1n) is 3.79. The molecule has 0 aromatic carbocycles. The molecular formula is C7H13NO4S. The van der Waals surface area contributed by atoms with Crippen LogP contribution in [0.2, 0.25) is 0 Å². The normalized spacial score (nSPS) is 17.5. The summed E-state index contributed by atoms with van der Waals surface area (Å²) >= 11 is 3.67. The summed E-state index contributed by atoms with van der Waals surface area (Å²) in [7, 11) is 0. The van der Waals surface area contributed by atoms with Crippen LogP contribution in [-0.2, 0) is 9.59 Å². The summed E-state index contributed by atoms with van der Waals surface area (Å²) in [4.78, 5) is 21.2. The number of aliphatic carboxylic acids is 2. The summed E-state index contributed by atoms with van der Waals surface area (Å²) in [6.45, 7) is 1.73. The third-order valence-corrected chi connectivity index (χ3v) is 2.47. The second kappa shape index (κ2) is 4.48. The number of carboxylic acids is 2. The van der Waals surface area contributed by atoms with E-state index in [9.17, 15) is 9.59 Å². The molecule has 0 aromatic rings. The molecule has 0 bridgehead atoms. The van der Waals surface area contributed by atoms with Gasteiger partial charge in [-0.1, -0.05) is 13.3 Å². The molecule has 0 aliphatic rings. The van der Waals surface area contributed by atoms with Crippen molar-refractivity contribution >= 4 is 24.6 Å². The van der Waals surface area contributed by atoms with Crippen molar-refractivity contribution in [1.82, 2.24) is 0 Å². The number of thiol groups is 1. The number of nitrogens with two attached hydrogens (primary N) is 1. The van der Waals surface area contributed by atoms with Gasteiger partial charge in [-0.05, 0) is 6.42 Å². The van der Waals surface area contributed by atoms with Gasteiger partial charge >= 0.3 is 11.9 Å². The number of hydrogen-bond donors (Lipinski definition) is 4. The van der Waals surface area contributed by atoms with Crippen molar-refractivity contribution in [2.45, 2.75) is 30.6 Å². The average molecular weight is 207 g/mol. The largest absolute Gasteiger partial charge is 0.480 e. The van der Waals surface area contributed by atoms with Crippen LogP contribution in [0.3, 0.4) is 0 Å². The summed E-state index contributed by atoms with van der Waals surface area (Å²) in [6, 6.07) is 0. The van der Waals surface area contributed by atoms with E-state index < -0.39 is 22.7 Å². The second-order valence-electron chi connectivity index (χ2n) is 2.84. The molecule has 6 heteroatoms. The van der Waals surface area contributed by atoms with E-state index in [0.717, 1.165) is 0 Å². The number of hydrogen-bond acceptors (Lipinski definition) is 4. The monoisotopic (exact) mass is 207 g/mol. The van der Waals surface area contributed by atoms with Gasteiger partial charge in [-0.25, -0.2) is 0 Å². The molecule has 0 spiro atoms. The highest BCUT2D eigenvalue weighted by Gasteiger charge is 2.43. The predicted molar refractivity (Wildman–Crippen MR) is 49.9 cm³/mol. The molecule has 0 amide bonds. The Morgan fingerprint density at radius 3 is 2.23 bits per heavy atom. The maximum Gasteiger partial charge on any atom is 0.325 e. The fraction of sp³-hybridized carbons (Fsp3) is 0.714. The van der Waals surface area contributed by atoms with Crippen molar-refractivity contribution in [3.8, 4) is 0 Å². The average Bonchev–Trinajstić information content (AvgIpc) is 2.02. The van der Waals surface area contributed by atoms with Crippen molar-refractivity contribution in [3.63, 3.8) is 0 Å². The molecule has 0 radical (unpaired) electrons. The van der Waals surface area contributed by atoms with Crippen LogP contribution in [0.4, 0.5) is 0 Å². The van der Waals surface area contributed by atoms with E-state index in [1.54, 1.807) is 6.92 Å². The van der Waals surface area contributed by atoms with Crippen LogP contribution in [0.15, 0.2) is 0 Å². The van der Waals surface area contributed by atoms with Crippen molar-refractivity contribution in [2.75, 3.05) is 0 Å². The Hall–Kier alpha value is -0.750. The van der Waals surface area contributed by atoms with Crippen LogP contribution in [0.25, 0.3) is 0 Å². The highest BCUT2D eigenvalue weighted by Crippen LogP contribution is 2.20. The molecule has 0 fully saturated rings. The first-order valence-corrected chi connectivity index (χ1v) is 4.31. The Labute approximate surface area is 81.3 Å². The molecule has 0 saturated heterocycles. The second-order valence-corrected chi connectivity index (χ2v) is 3.35. The van der Waals surface area contributed by atoms with Crippen molar-refractivity contribution in [3.05, 3.63) is 0 Å². The van der Waals surface area contributed by atoms with E-state index in [4.69, 9.17) is 15.9 Å². The number of carbonyl (C=O) groups is 2. The Balaban J connectivity index is 4.77. The topological polar surface area (TPSA) is 101 Å². The van der Waals surface area contributed by atoms with Crippen molar-refractivity contribution < 1.29 is 19.8 Å². The fourth-order valence-electron chi connectivity index (χ4n) is 0.995. The lowest BCUT2D eigenvalue weighted by Crippen LogP contribution is -2.57. The Morgan fingerprint density at radius 1 is 1.54 bits per heavy atom. The lowest BCUT2D eigenvalue weighted by atomic mass is 9.91. The lowest BCUT2D eigenvalue weighted by molar-refractivity contribution is -0.149. The first-order chi connectivity index (χ1) is 5.86. The SMILES string of the molecule is CCCC(N)(C(=O)O)C(S)C(=O)O. The lowest BCUT2D eigenvalue weighted by Gasteiger charge is -2.27. The zero-order valence-corrected chi connectivity index (χ0v) is 8.12. The van der Waals surface area contributed by atoms with Gasteiger partial charge in [-0.3, -0.25) is 9.59 Å². The summed E-state index contributed by atoms with van der Waals surface area (Å²) < 4.78 is 0. The quantitative estimate of drug-likeness (QED) is 0.474. The predicted octanol–water partition coefficient (Wildman–Crippen LogP) is -0.0484. The molecule has 0 aliphatic heterocycles. The molecule has 0 aliphatic carbocycles. The smallest absolute Gasteiger partial charge is 0.325 e. The van der Waals surface area contributed by atoms with Gasteiger partial charge in [0.05, 0.1) is 0 Å². The maximum atomic E-state index is 10.7. The van der Waals surface area contributed by atoms with Gasteiger partial charge in [0, 0.05) is 0 Å². The molecule has 2 atom stereocenters. The van der Waals surface area contributed by atoms with Crippen molar-refractivity contribution in [2.24, 2.45) is 5.73 Å². The van der Waals surface area contributed by atoms with Crippen LogP contribution in [-0.4, -0.2) is 32.9 Å². The van der Waals surface area contributed by atoms with Gasteiger partial charge in [0.25, 0.3) is 0 Å². The molecule has 2 unspecified atom stereocenters. The standard InChI is InChI=1S/C7H13NO4S/c1-2-3-7(8,6(11)12)4(13)5(9)10/h4,13H,2-3,8H2,1H3,(H,9,10)(H,11,12). The number of carboxylic acid groups (broad SMARTS) is 2. The summed E-state index contributed by atoms with van der Waals surface area (Å²) in [5.74, 6) is -2.65. The zero-order chi connectivity index (χ0) is 10.6. The highest BCUT2D eigenvalue weighted by atomic mass is 32.1. The van der Waals surface area contributed by atoms with E-state index in [1.165, 1.54) is 0 Å². The van der Waals surface area contributed by atoms with E-state index >= 15 is 0 Å². The summed E-state index contributed by atoms with van der Waals surface area (Å²) in [6.07, 6.45) is 0.579. The van der Waals surface area contributed by atoms with Crippen LogP contribution >= 0.6 is 12.6 Å². The van der Waals surface area contributed by atoms with Gasteiger partial charge in [-0.2, -0.15) is 12.6 Å². The van der Waals surface area contributed by atoms with E-state index in [1.807, 2.05) is 0 Å². The molecule has 76 valence electrons. The molecule has 13 heavy (non-hydrogen) atoms. The van der Waals surface area contributed by atoms with Gasteiger partial charge in [0.15, 0.2) is 0 Å². The van der Waals surface area contributed by atoms with E-state index in [2.05, 4.69) is 12.6 Å². The molecule has 5 nitrogen and oxygen atoms in total. The van der Waals surface area contributed by atoms with Gasteiger partial charge in [0.1, 0.15) is 10.8 Å². The third kappa shape index (κ3) is 2.60. The number of rotatable bonds is 5. The van der Waals surface area contributed by atoms with Gasteiger partial charge in [0.2, 0.25) is 0 Å². The van der Waals surface area contributed by atoms with Gasteiger partial charge in [-0.15, -0.1) is 0 Å². The molecule has 4 N–H and O–H groups in total. The van der Waals surface area contributed by atoms with Crippen LogP contribution in [0, 0.1) is 0 Å². The zero-order valence-electron chi connectivity index (χ0n) is 7.23. The summed E-state index contributed by atoms with van der Waals surface area (Å²) in [5, 5.41) is 15.9. The van der Waals surface area contributed by atoms with E-state index in [0.29, 0.717) is 6.42 Å². The van der Waals surface area contributed by atoms with Crippen molar-refractivity contribution in [1.29, 1.82) is 0 Å².